The van der Waals surface area contributed by atoms with Gasteiger partial charge in [0, 0.05) is 12.2 Å². The van der Waals surface area contributed by atoms with Crippen LogP contribution in [0.2, 0.25) is 0 Å². The topological polar surface area (TPSA) is 30.5 Å². The fourth-order valence-electron chi connectivity index (χ4n) is 1.88. The molecule has 5 heteroatoms. The molecule has 0 aromatic heterocycles. The highest BCUT2D eigenvalue weighted by Gasteiger charge is 2.11. The number of anilines is 1. The van der Waals surface area contributed by atoms with Crippen molar-refractivity contribution in [3.05, 3.63) is 54.1 Å². The Morgan fingerprint density at radius 3 is 2.48 bits per heavy atom. The number of hydrogen-bond acceptors (Lipinski definition) is 3. The van der Waals surface area contributed by atoms with Crippen molar-refractivity contribution in [3.8, 4) is 11.5 Å². The maximum atomic E-state index is 12.3. The highest BCUT2D eigenvalue weighted by atomic mass is 19.3. The van der Waals surface area contributed by atoms with Gasteiger partial charge in [-0.1, -0.05) is 24.3 Å². The molecule has 0 fully saturated rings. The Hall–Kier alpha value is -2.30. The van der Waals surface area contributed by atoms with Gasteiger partial charge in [-0.05, 0) is 36.8 Å². The van der Waals surface area contributed by atoms with Crippen molar-refractivity contribution in [2.45, 2.75) is 20.1 Å². The lowest BCUT2D eigenvalue weighted by Gasteiger charge is -2.13. The van der Waals surface area contributed by atoms with Crippen molar-refractivity contribution < 1.29 is 18.3 Å². The molecule has 0 atom stereocenters. The highest BCUT2D eigenvalue weighted by molar-refractivity contribution is 5.46. The van der Waals surface area contributed by atoms with E-state index in [1.807, 2.05) is 30.3 Å². The van der Waals surface area contributed by atoms with Crippen LogP contribution in [0, 0.1) is 0 Å². The minimum atomic E-state index is -2.86. The molecule has 0 heterocycles. The van der Waals surface area contributed by atoms with E-state index in [1.54, 1.807) is 19.1 Å². The molecule has 0 aliphatic rings. The lowest BCUT2D eigenvalue weighted by atomic mass is 10.2. The average Bonchev–Trinajstić information content (AvgIpc) is 2.48. The quantitative estimate of drug-likeness (QED) is 0.825. The Labute approximate surface area is 122 Å². The molecule has 2 aromatic rings. The zero-order chi connectivity index (χ0) is 15.1. The molecule has 0 bridgehead atoms. The second-order valence-electron chi connectivity index (χ2n) is 4.31. The third kappa shape index (κ3) is 4.63. The molecule has 0 aliphatic heterocycles. The zero-order valence-corrected chi connectivity index (χ0v) is 11.7. The smallest absolute Gasteiger partial charge is 0.387 e. The molecule has 0 aliphatic carbocycles. The molecule has 1 N–H and O–H groups in total. The minimum absolute atomic E-state index is 0.0512. The van der Waals surface area contributed by atoms with Crippen LogP contribution in [-0.4, -0.2) is 13.2 Å². The number of para-hydroxylation sites is 1. The predicted octanol–water partition coefficient (Wildman–Crippen LogP) is 4.30. The highest BCUT2D eigenvalue weighted by Crippen LogP contribution is 2.30. The molecule has 0 saturated carbocycles. The van der Waals surface area contributed by atoms with E-state index in [1.165, 1.54) is 6.07 Å². The number of alkyl halides is 2. The summed E-state index contributed by atoms with van der Waals surface area (Å²) in [7, 11) is 0. The van der Waals surface area contributed by atoms with Crippen molar-refractivity contribution in [2.75, 3.05) is 11.9 Å². The summed E-state index contributed by atoms with van der Waals surface area (Å²) in [5, 5.41) is 3.25. The van der Waals surface area contributed by atoms with Crippen molar-refractivity contribution in [1.29, 1.82) is 0 Å². The molecule has 2 rings (SSSR count). The van der Waals surface area contributed by atoms with Crippen LogP contribution in [-0.2, 0) is 6.54 Å². The van der Waals surface area contributed by atoms with Gasteiger partial charge >= 0.3 is 6.61 Å². The van der Waals surface area contributed by atoms with Crippen LogP contribution in [0.5, 0.6) is 11.5 Å². The number of nitrogens with one attached hydrogen (secondary N) is 1. The Morgan fingerprint density at radius 2 is 1.81 bits per heavy atom. The molecule has 21 heavy (non-hydrogen) atoms. The van der Waals surface area contributed by atoms with Gasteiger partial charge in [-0.25, -0.2) is 0 Å². The lowest BCUT2D eigenvalue weighted by molar-refractivity contribution is -0.0514. The van der Waals surface area contributed by atoms with Crippen LogP contribution < -0.4 is 14.8 Å². The number of hydrogen-bond donors (Lipinski definition) is 1. The van der Waals surface area contributed by atoms with Gasteiger partial charge in [0.25, 0.3) is 0 Å². The second kappa shape index (κ2) is 7.47. The predicted molar refractivity (Wildman–Crippen MR) is 78.0 cm³/mol. The fourth-order valence-corrected chi connectivity index (χ4v) is 1.88. The number of benzene rings is 2. The maximum absolute atomic E-state index is 12.3. The summed E-state index contributed by atoms with van der Waals surface area (Å²) in [4.78, 5) is 0. The van der Waals surface area contributed by atoms with E-state index < -0.39 is 6.61 Å². The van der Waals surface area contributed by atoms with E-state index in [2.05, 4.69) is 10.1 Å². The summed E-state index contributed by atoms with van der Waals surface area (Å²) >= 11 is 0. The van der Waals surface area contributed by atoms with Gasteiger partial charge in [0.15, 0.2) is 11.5 Å². The molecular formula is C16H17F2NO2. The van der Waals surface area contributed by atoms with Gasteiger partial charge in [-0.15, -0.1) is 0 Å². The van der Waals surface area contributed by atoms with Crippen molar-refractivity contribution in [2.24, 2.45) is 0 Å². The Balaban J connectivity index is 2.08. The van der Waals surface area contributed by atoms with Crippen LogP contribution in [0.1, 0.15) is 12.5 Å². The van der Waals surface area contributed by atoms with Crippen molar-refractivity contribution in [1.82, 2.24) is 0 Å². The maximum Gasteiger partial charge on any atom is 0.387 e. The fraction of sp³-hybridized carbons (Fsp3) is 0.250. The van der Waals surface area contributed by atoms with Gasteiger partial charge in [-0.3, -0.25) is 0 Å². The summed E-state index contributed by atoms with van der Waals surface area (Å²) in [5.41, 5.74) is 1.91. The summed E-state index contributed by atoms with van der Waals surface area (Å²) in [6.45, 7) is -0.118. The normalized spacial score (nSPS) is 10.5. The largest absolute Gasteiger partial charge is 0.490 e. The first-order chi connectivity index (χ1) is 10.2. The molecular weight excluding hydrogens is 276 g/mol. The van der Waals surface area contributed by atoms with E-state index >= 15 is 0 Å². The lowest BCUT2D eigenvalue weighted by Crippen LogP contribution is -2.06. The minimum Gasteiger partial charge on any atom is -0.490 e. The molecule has 2 aromatic carbocycles. The summed E-state index contributed by atoms with van der Waals surface area (Å²) in [5.74, 6) is 0.375. The number of rotatable bonds is 7. The third-order valence-electron chi connectivity index (χ3n) is 2.79. The Kier molecular flexibility index (Phi) is 5.37. The van der Waals surface area contributed by atoms with E-state index in [0.29, 0.717) is 18.9 Å². The number of halogens is 2. The van der Waals surface area contributed by atoms with Crippen molar-refractivity contribution >= 4 is 5.69 Å². The van der Waals surface area contributed by atoms with Crippen LogP contribution in [0.15, 0.2) is 48.5 Å². The molecule has 0 unspecified atom stereocenters. The molecule has 112 valence electrons. The average molecular weight is 293 g/mol. The molecule has 0 radical (unpaired) electrons. The molecule has 3 nitrogen and oxygen atoms in total. The standard InChI is InChI=1S/C16H17F2NO2/c1-2-20-15-10-12(8-9-14(15)21-16(17)18)11-19-13-6-4-3-5-7-13/h3-10,16,19H,2,11H2,1H3. The summed E-state index contributed by atoms with van der Waals surface area (Å²) in [6, 6.07) is 14.7. The number of ether oxygens (including phenoxy) is 2. The second-order valence-corrected chi connectivity index (χ2v) is 4.31. The first kappa shape index (κ1) is 15.1. The van der Waals surface area contributed by atoms with Gasteiger partial charge in [0.05, 0.1) is 6.61 Å². The van der Waals surface area contributed by atoms with Crippen LogP contribution in [0.3, 0.4) is 0 Å². The van der Waals surface area contributed by atoms with E-state index in [-0.39, 0.29) is 5.75 Å². The molecule has 0 amide bonds. The van der Waals surface area contributed by atoms with Gasteiger partial charge in [-0.2, -0.15) is 8.78 Å². The molecule has 0 saturated heterocycles. The SMILES string of the molecule is CCOc1cc(CNc2ccccc2)ccc1OC(F)F. The summed E-state index contributed by atoms with van der Waals surface area (Å²) < 4.78 is 34.4. The Morgan fingerprint density at radius 1 is 1.05 bits per heavy atom. The zero-order valence-electron chi connectivity index (χ0n) is 11.7. The van der Waals surface area contributed by atoms with E-state index in [9.17, 15) is 8.78 Å². The van der Waals surface area contributed by atoms with Crippen LogP contribution >= 0.6 is 0 Å². The van der Waals surface area contributed by atoms with E-state index in [0.717, 1.165) is 11.3 Å². The van der Waals surface area contributed by atoms with Gasteiger partial charge in [0.1, 0.15) is 0 Å². The van der Waals surface area contributed by atoms with Gasteiger partial charge < -0.3 is 14.8 Å². The first-order valence-corrected chi connectivity index (χ1v) is 6.68. The third-order valence-corrected chi connectivity index (χ3v) is 2.79. The van der Waals surface area contributed by atoms with Gasteiger partial charge in [0.2, 0.25) is 0 Å². The van der Waals surface area contributed by atoms with Crippen LogP contribution in [0.25, 0.3) is 0 Å². The summed E-state index contributed by atoms with van der Waals surface area (Å²) in [6.07, 6.45) is 0. The first-order valence-electron chi connectivity index (χ1n) is 6.68. The molecule has 0 spiro atoms. The monoisotopic (exact) mass is 293 g/mol. The van der Waals surface area contributed by atoms with E-state index in [4.69, 9.17) is 4.74 Å². The Bertz CT molecular complexity index is 561. The van der Waals surface area contributed by atoms with Crippen molar-refractivity contribution in [3.63, 3.8) is 0 Å². The van der Waals surface area contributed by atoms with Crippen LogP contribution in [0.4, 0.5) is 14.5 Å².